The monoisotopic (exact) mass is 438 g/mol. The van der Waals surface area contributed by atoms with Gasteiger partial charge in [0, 0.05) is 11.6 Å². The van der Waals surface area contributed by atoms with Crippen LogP contribution in [0.5, 0.6) is 5.75 Å². The van der Waals surface area contributed by atoms with Gasteiger partial charge in [0.1, 0.15) is 5.75 Å². The second-order valence-electron chi connectivity index (χ2n) is 6.26. The minimum atomic E-state index is -3.36. The summed E-state index contributed by atoms with van der Waals surface area (Å²) in [6.07, 6.45) is 0.532. The van der Waals surface area contributed by atoms with E-state index in [2.05, 4.69) is 5.32 Å². The molecule has 0 aliphatic carbocycles. The van der Waals surface area contributed by atoms with Crippen LogP contribution in [0.15, 0.2) is 42.5 Å². The van der Waals surface area contributed by atoms with E-state index in [1.165, 1.54) is 29.6 Å². The molecule has 0 unspecified atom stereocenters. The molecule has 1 saturated heterocycles. The SMILES string of the molecule is COc1ccc(Cl)cc1NC(=O)COC(=O)c1cccc(N2CCCS2(=O)=O)c1. The van der Waals surface area contributed by atoms with Crippen LogP contribution < -0.4 is 14.4 Å². The third-order valence-electron chi connectivity index (χ3n) is 4.24. The number of ether oxygens (including phenoxy) is 2. The first-order valence-electron chi connectivity index (χ1n) is 8.71. The number of hydrogen-bond donors (Lipinski definition) is 1. The van der Waals surface area contributed by atoms with Gasteiger partial charge in [-0.1, -0.05) is 17.7 Å². The Labute approximate surface area is 173 Å². The predicted octanol–water partition coefficient (Wildman–Crippen LogP) is 2.68. The number of anilines is 2. The van der Waals surface area contributed by atoms with Crippen molar-refractivity contribution in [2.75, 3.05) is 35.6 Å². The summed E-state index contributed by atoms with van der Waals surface area (Å²) in [6, 6.07) is 10.8. The summed E-state index contributed by atoms with van der Waals surface area (Å²) in [5.74, 6) is -0.822. The Bertz CT molecular complexity index is 1040. The average molecular weight is 439 g/mol. The lowest BCUT2D eigenvalue weighted by atomic mass is 10.2. The molecule has 10 heteroatoms. The van der Waals surface area contributed by atoms with Gasteiger partial charge in [0.2, 0.25) is 10.0 Å². The van der Waals surface area contributed by atoms with Crippen molar-refractivity contribution < 1.29 is 27.5 Å². The van der Waals surface area contributed by atoms with Gasteiger partial charge in [-0.15, -0.1) is 0 Å². The molecule has 0 atom stereocenters. The molecule has 29 heavy (non-hydrogen) atoms. The maximum absolute atomic E-state index is 12.3. The van der Waals surface area contributed by atoms with Crippen molar-refractivity contribution in [2.24, 2.45) is 0 Å². The second kappa shape index (κ2) is 8.71. The molecule has 2 aromatic carbocycles. The van der Waals surface area contributed by atoms with Crippen molar-refractivity contribution in [3.8, 4) is 5.75 Å². The Morgan fingerprint density at radius 2 is 2.00 bits per heavy atom. The number of esters is 1. The van der Waals surface area contributed by atoms with Crippen LogP contribution in [0, 0.1) is 0 Å². The third kappa shape index (κ3) is 4.99. The zero-order valence-electron chi connectivity index (χ0n) is 15.6. The number of amides is 1. The van der Waals surface area contributed by atoms with Crippen LogP contribution in [0.4, 0.5) is 11.4 Å². The Balaban J connectivity index is 1.63. The van der Waals surface area contributed by atoms with Crippen LogP contribution in [0.2, 0.25) is 5.02 Å². The molecular formula is C19H19ClN2O6S. The average Bonchev–Trinajstić information content (AvgIpc) is 3.05. The van der Waals surface area contributed by atoms with Crippen LogP contribution in [0.25, 0.3) is 0 Å². The van der Waals surface area contributed by atoms with Gasteiger partial charge in [0.05, 0.1) is 29.8 Å². The third-order valence-corrected chi connectivity index (χ3v) is 6.34. The van der Waals surface area contributed by atoms with E-state index < -0.39 is 28.5 Å². The van der Waals surface area contributed by atoms with Gasteiger partial charge >= 0.3 is 5.97 Å². The van der Waals surface area contributed by atoms with Gasteiger partial charge in [0.15, 0.2) is 6.61 Å². The Morgan fingerprint density at radius 1 is 1.21 bits per heavy atom. The molecule has 0 aromatic heterocycles. The van der Waals surface area contributed by atoms with E-state index in [-0.39, 0.29) is 11.3 Å². The lowest BCUT2D eigenvalue weighted by Gasteiger charge is -2.17. The molecule has 1 aliphatic rings. The van der Waals surface area contributed by atoms with Gasteiger partial charge in [-0.25, -0.2) is 13.2 Å². The molecule has 1 fully saturated rings. The summed E-state index contributed by atoms with van der Waals surface area (Å²) in [5.41, 5.74) is 0.894. The molecule has 1 aliphatic heterocycles. The van der Waals surface area contributed by atoms with Crippen molar-refractivity contribution in [2.45, 2.75) is 6.42 Å². The first kappa shape index (κ1) is 20.9. The van der Waals surface area contributed by atoms with Gasteiger partial charge in [0.25, 0.3) is 5.91 Å². The van der Waals surface area contributed by atoms with Crippen molar-refractivity contribution in [3.05, 3.63) is 53.1 Å². The summed E-state index contributed by atoms with van der Waals surface area (Å²) in [6.45, 7) is -0.161. The van der Waals surface area contributed by atoms with Crippen molar-refractivity contribution in [1.82, 2.24) is 0 Å². The molecule has 1 amide bonds. The highest BCUT2D eigenvalue weighted by atomic mass is 35.5. The Kier molecular flexibility index (Phi) is 6.29. The Morgan fingerprint density at radius 3 is 2.69 bits per heavy atom. The van der Waals surface area contributed by atoms with Gasteiger partial charge in [-0.2, -0.15) is 0 Å². The van der Waals surface area contributed by atoms with Crippen molar-refractivity contribution in [1.29, 1.82) is 0 Å². The van der Waals surface area contributed by atoms with Gasteiger partial charge in [-0.05, 0) is 42.8 Å². The van der Waals surface area contributed by atoms with Crippen LogP contribution in [0.3, 0.4) is 0 Å². The molecule has 154 valence electrons. The number of benzene rings is 2. The minimum absolute atomic E-state index is 0.0782. The minimum Gasteiger partial charge on any atom is -0.495 e. The Hall–Kier alpha value is -2.78. The lowest BCUT2D eigenvalue weighted by molar-refractivity contribution is -0.119. The zero-order chi connectivity index (χ0) is 21.0. The van der Waals surface area contributed by atoms with Crippen LogP contribution in [0.1, 0.15) is 16.8 Å². The number of rotatable bonds is 6. The highest BCUT2D eigenvalue weighted by molar-refractivity contribution is 7.93. The fourth-order valence-corrected chi connectivity index (χ4v) is 4.62. The van der Waals surface area contributed by atoms with Gasteiger partial charge in [-0.3, -0.25) is 9.10 Å². The molecule has 8 nitrogen and oxygen atoms in total. The standard InChI is InChI=1S/C19H19ClN2O6S/c1-27-17-7-6-14(20)11-16(17)21-18(23)12-28-19(24)13-4-2-5-15(10-13)22-8-3-9-29(22,25)26/h2,4-7,10-11H,3,8-9,12H2,1H3,(H,21,23). The number of carbonyl (C=O) groups excluding carboxylic acids is 2. The van der Waals surface area contributed by atoms with Crippen LogP contribution in [-0.4, -0.2) is 46.3 Å². The van der Waals surface area contributed by atoms with E-state index in [0.29, 0.717) is 35.1 Å². The van der Waals surface area contributed by atoms with Crippen LogP contribution >= 0.6 is 11.6 Å². The van der Waals surface area contributed by atoms with E-state index in [1.54, 1.807) is 24.3 Å². The van der Waals surface area contributed by atoms with E-state index >= 15 is 0 Å². The molecule has 0 bridgehead atoms. The zero-order valence-corrected chi connectivity index (χ0v) is 17.1. The van der Waals surface area contributed by atoms with Crippen LogP contribution in [-0.2, 0) is 19.6 Å². The smallest absolute Gasteiger partial charge is 0.338 e. The number of nitrogens with zero attached hydrogens (tertiary/aromatic N) is 1. The summed E-state index contributed by atoms with van der Waals surface area (Å²) in [5, 5.41) is 2.97. The molecular weight excluding hydrogens is 420 g/mol. The molecule has 0 spiro atoms. The fourth-order valence-electron chi connectivity index (χ4n) is 2.90. The number of nitrogens with one attached hydrogen (secondary N) is 1. The normalized spacial score (nSPS) is 15.0. The first-order chi connectivity index (χ1) is 13.8. The molecule has 0 radical (unpaired) electrons. The highest BCUT2D eigenvalue weighted by Crippen LogP contribution is 2.28. The fraction of sp³-hybridized carbons (Fsp3) is 0.263. The number of sulfonamides is 1. The number of halogens is 1. The summed E-state index contributed by atoms with van der Waals surface area (Å²) in [7, 11) is -1.91. The number of hydrogen-bond acceptors (Lipinski definition) is 6. The molecule has 1 heterocycles. The van der Waals surface area contributed by atoms with Crippen molar-refractivity contribution in [3.63, 3.8) is 0 Å². The van der Waals surface area contributed by atoms with Crippen molar-refractivity contribution >= 4 is 44.9 Å². The lowest BCUT2D eigenvalue weighted by Crippen LogP contribution is -2.25. The number of carbonyl (C=O) groups is 2. The summed E-state index contributed by atoms with van der Waals surface area (Å²) >= 11 is 5.91. The summed E-state index contributed by atoms with van der Waals surface area (Å²) < 4.78 is 35.5. The van der Waals surface area contributed by atoms with E-state index in [1.807, 2.05) is 0 Å². The topological polar surface area (TPSA) is 102 Å². The molecule has 0 saturated carbocycles. The maximum Gasteiger partial charge on any atom is 0.338 e. The quantitative estimate of drug-likeness (QED) is 0.696. The van der Waals surface area contributed by atoms with E-state index in [0.717, 1.165) is 0 Å². The number of methoxy groups -OCH3 is 1. The van der Waals surface area contributed by atoms with E-state index in [9.17, 15) is 18.0 Å². The second-order valence-corrected chi connectivity index (χ2v) is 8.71. The highest BCUT2D eigenvalue weighted by Gasteiger charge is 2.28. The maximum atomic E-state index is 12.3. The van der Waals surface area contributed by atoms with Gasteiger partial charge < -0.3 is 14.8 Å². The molecule has 3 rings (SSSR count). The summed E-state index contributed by atoms with van der Waals surface area (Å²) in [4.78, 5) is 24.4. The van der Waals surface area contributed by atoms with E-state index in [4.69, 9.17) is 21.1 Å². The largest absolute Gasteiger partial charge is 0.495 e. The first-order valence-corrected chi connectivity index (χ1v) is 10.7. The molecule has 2 aromatic rings. The molecule has 1 N–H and O–H groups in total. The predicted molar refractivity (Wildman–Crippen MR) is 109 cm³/mol.